The number of nitrogens with zero attached hydrogens (tertiary/aromatic N) is 2. The molecule has 1 fully saturated rings. The molecule has 3 rings (SSSR count). The van der Waals surface area contributed by atoms with E-state index in [2.05, 4.69) is 29.2 Å². The van der Waals surface area contributed by atoms with Crippen LogP contribution in [0.25, 0.3) is 0 Å². The van der Waals surface area contributed by atoms with Gasteiger partial charge in [0.1, 0.15) is 5.60 Å². The highest BCUT2D eigenvalue weighted by molar-refractivity contribution is 5.69. The molecule has 0 aliphatic carbocycles. The van der Waals surface area contributed by atoms with Crippen LogP contribution in [0.2, 0.25) is 0 Å². The Morgan fingerprint density at radius 3 is 2.03 bits per heavy atom. The number of benzene rings is 2. The summed E-state index contributed by atoms with van der Waals surface area (Å²) in [6.07, 6.45) is -0.192. The summed E-state index contributed by atoms with van der Waals surface area (Å²) in [5.41, 5.74) is 0.545. The molecule has 1 aliphatic heterocycles. The Bertz CT molecular complexity index is 796. The van der Waals surface area contributed by atoms with Gasteiger partial charge in [-0.2, -0.15) is 0 Å². The van der Waals surface area contributed by atoms with Gasteiger partial charge in [0.2, 0.25) is 0 Å². The fourth-order valence-corrected chi connectivity index (χ4v) is 4.14. The molecule has 6 nitrogen and oxygen atoms in total. The van der Waals surface area contributed by atoms with Gasteiger partial charge < -0.3 is 14.9 Å². The maximum atomic E-state index is 12.7. The van der Waals surface area contributed by atoms with Gasteiger partial charge in [-0.05, 0) is 31.9 Å². The van der Waals surface area contributed by atoms with Crippen LogP contribution in [0.5, 0.6) is 0 Å². The van der Waals surface area contributed by atoms with Gasteiger partial charge in [-0.3, -0.25) is 9.80 Å². The first kappa shape index (κ1) is 23.3. The van der Waals surface area contributed by atoms with E-state index in [4.69, 9.17) is 4.74 Å². The van der Waals surface area contributed by atoms with E-state index >= 15 is 0 Å². The van der Waals surface area contributed by atoms with Gasteiger partial charge in [0.05, 0.1) is 24.8 Å². The van der Waals surface area contributed by atoms with Crippen LogP contribution in [0.3, 0.4) is 0 Å². The lowest BCUT2D eigenvalue weighted by Gasteiger charge is -2.32. The van der Waals surface area contributed by atoms with Crippen LogP contribution in [0.4, 0.5) is 4.79 Å². The van der Waals surface area contributed by atoms with Crippen LogP contribution in [-0.2, 0) is 17.8 Å². The number of aliphatic hydroxyl groups excluding tert-OH is 1. The molecule has 6 heteroatoms. The van der Waals surface area contributed by atoms with Gasteiger partial charge >= 0.3 is 6.09 Å². The van der Waals surface area contributed by atoms with E-state index in [1.54, 1.807) is 0 Å². The average Bonchev–Trinajstić information content (AvgIpc) is 3.05. The number of ether oxygens (including phenoxy) is 1. The number of carbonyl (C=O) groups excluding carboxylic acids is 1. The lowest BCUT2D eigenvalue weighted by molar-refractivity contribution is -0.00407. The monoisotopic (exact) mass is 426 g/mol. The van der Waals surface area contributed by atoms with Crippen molar-refractivity contribution in [2.24, 2.45) is 0 Å². The van der Waals surface area contributed by atoms with Gasteiger partial charge in [0.15, 0.2) is 0 Å². The largest absolute Gasteiger partial charge is 0.444 e. The highest BCUT2D eigenvalue weighted by Gasteiger charge is 2.46. The van der Waals surface area contributed by atoms with E-state index in [9.17, 15) is 15.0 Å². The maximum Gasteiger partial charge on any atom is 0.410 e. The molecule has 2 N–H and O–H groups in total. The molecule has 0 bridgehead atoms. The summed E-state index contributed by atoms with van der Waals surface area (Å²) in [5.74, 6) is 0. The topological polar surface area (TPSA) is 73.2 Å². The quantitative estimate of drug-likeness (QED) is 0.710. The van der Waals surface area contributed by atoms with Crippen LogP contribution in [-0.4, -0.2) is 63.0 Å². The third-order valence-corrected chi connectivity index (χ3v) is 5.38. The van der Waals surface area contributed by atoms with Crippen molar-refractivity contribution in [3.8, 4) is 0 Å². The second-order valence-corrected chi connectivity index (χ2v) is 9.49. The Morgan fingerprint density at radius 2 is 1.58 bits per heavy atom. The van der Waals surface area contributed by atoms with E-state index in [1.165, 1.54) is 4.90 Å². The summed E-state index contributed by atoms with van der Waals surface area (Å²) in [6.45, 7) is 7.08. The minimum absolute atomic E-state index is 0.132. The molecule has 1 aliphatic rings. The van der Waals surface area contributed by atoms with E-state index in [0.29, 0.717) is 26.1 Å². The Hall–Kier alpha value is -2.41. The zero-order valence-corrected chi connectivity index (χ0v) is 18.7. The molecule has 0 saturated carbocycles. The minimum atomic E-state index is -1.13. The van der Waals surface area contributed by atoms with Crippen molar-refractivity contribution in [3.63, 3.8) is 0 Å². The van der Waals surface area contributed by atoms with Crippen LogP contribution in [0, 0.1) is 0 Å². The predicted molar refractivity (Wildman–Crippen MR) is 120 cm³/mol. The lowest BCUT2D eigenvalue weighted by atomic mass is 9.99. The number of hydrogen-bond donors (Lipinski definition) is 2. The zero-order chi connectivity index (χ0) is 22.5. The Morgan fingerprint density at radius 1 is 1.06 bits per heavy atom. The van der Waals surface area contributed by atoms with E-state index in [1.807, 2.05) is 57.2 Å². The summed E-state index contributed by atoms with van der Waals surface area (Å²) in [7, 11) is 0. The van der Waals surface area contributed by atoms with E-state index in [-0.39, 0.29) is 13.2 Å². The average molecular weight is 427 g/mol. The molecular weight excluding hydrogens is 392 g/mol. The molecule has 2 aromatic rings. The molecule has 2 atom stereocenters. The van der Waals surface area contributed by atoms with Crippen LogP contribution in [0.1, 0.15) is 38.3 Å². The van der Waals surface area contributed by atoms with E-state index in [0.717, 1.165) is 11.1 Å². The second-order valence-electron chi connectivity index (χ2n) is 9.49. The molecule has 2 unspecified atom stereocenters. The van der Waals surface area contributed by atoms with Crippen molar-refractivity contribution >= 4 is 6.09 Å². The molecule has 1 saturated heterocycles. The summed E-state index contributed by atoms with van der Waals surface area (Å²) >= 11 is 0. The molecular formula is C25H34N2O4. The smallest absolute Gasteiger partial charge is 0.410 e. The number of β-amino-alcohol motifs (C(OH)–C–C–N with tert-alkyl or cyclic N) is 1. The maximum absolute atomic E-state index is 12.7. The first-order valence-corrected chi connectivity index (χ1v) is 10.8. The van der Waals surface area contributed by atoms with Crippen molar-refractivity contribution in [2.45, 2.75) is 57.5 Å². The highest BCUT2D eigenvalue weighted by atomic mass is 16.6. The fourth-order valence-electron chi connectivity index (χ4n) is 4.14. The summed E-state index contributed by atoms with van der Waals surface area (Å²) in [5, 5.41) is 21.3. The fraction of sp³-hybridized carbons (Fsp3) is 0.480. The van der Waals surface area contributed by atoms with Crippen molar-refractivity contribution < 1.29 is 19.7 Å². The molecule has 1 heterocycles. The van der Waals surface area contributed by atoms with Crippen molar-refractivity contribution in [1.82, 2.24) is 9.80 Å². The first-order chi connectivity index (χ1) is 14.7. The summed E-state index contributed by atoms with van der Waals surface area (Å²) in [4.78, 5) is 16.3. The molecule has 1 amide bonds. The van der Waals surface area contributed by atoms with Gasteiger partial charge in [0.25, 0.3) is 0 Å². The molecule has 168 valence electrons. The summed E-state index contributed by atoms with van der Waals surface area (Å²) < 4.78 is 5.49. The first-order valence-electron chi connectivity index (χ1n) is 10.8. The molecule has 2 aromatic carbocycles. The minimum Gasteiger partial charge on any atom is -0.444 e. The van der Waals surface area contributed by atoms with Crippen molar-refractivity contribution in [3.05, 3.63) is 71.8 Å². The number of likely N-dealkylation sites (tertiary alicyclic amines) is 1. The number of hydrogen-bond acceptors (Lipinski definition) is 5. The molecule has 0 aromatic heterocycles. The molecule has 0 radical (unpaired) electrons. The number of aliphatic hydroxyl groups is 2. The number of rotatable bonds is 7. The predicted octanol–water partition coefficient (Wildman–Crippen LogP) is 3.42. The Balaban J connectivity index is 1.76. The van der Waals surface area contributed by atoms with Crippen LogP contribution >= 0.6 is 0 Å². The van der Waals surface area contributed by atoms with Gasteiger partial charge in [-0.15, -0.1) is 0 Å². The standard InChI is InChI=1S/C25H34N2O4/c1-24(2,3)31-23(29)27-19-25(30,14-22(27)17-28)18-26(15-20-10-6-4-7-11-20)16-21-12-8-5-9-13-21/h4-13,22,28,30H,14-19H2,1-3H3. The van der Waals surface area contributed by atoms with Gasteiger partial charge in [-0.1, -0.05) is 60.7 Å². The highest BCUT2D eigenvalue weighted by Crippen LogP contribution is 2.30. The Kier molecular flexibility index (Phi) is 7.36. The van der Waals surface area contributed by atoms with Crippen molar-refractivity contribution in [1.29, 1.82) is 0 Å². The van der Waals surface area contributed by atoms with Crippen LogP contribution < -0.4 is 0 Å². The third kappa shape index (κ3) is 6.79. The van der Waals surface area contributed by atoms with Gasteiger partial charge in [0, 0.05) is 26.1 Å². The normalized spacial score (nSPS) is 21.5. The molecule has 31 heavy (non-hydrogen) atoms. The van der Waals surface area contributed by atoms with Crippen molar-refractivity contribution in [2.75, 3.05) is 19.7 Å². The summed E-state index contributed by atoms with van der Waals surface area (Å²) in [6, 6.07) is 19.8. The third-order valence-electron chi connectivity index (χ3n) is 5.38. The van der Waals surface area contributed by atoms with Crippen LogP contribution in [0.15, 0.2) is 60.7 Å². The number of amides is 1. The van der Waals surface area contributed by atoms with Gasteiger partial charge in [-0.25, -0.2) is 4.79 Å². The second kappa shape index (κ2) is 9.81. The van der Waals surface area contributed by atoms with E-state index < -0.39 is 23.3 Å². The lowest BCUT2D eigenvalue weighted by Crippen LogP contribution is -2.46. The molecule has 0 spiro atoms. The number of carbonyl (C=O) groups is 1. The Labute approximate surface area is 185 Å². The zero-order valence-electron chi connectivity index (χ0n) is 18.7. The SMILES string of the molecule is CC(C)(C)OC(=O)N1CC(O)(CN(Cc2ccccc2)Cc2ccccc2)CC1CO.